The number of hydrazine groups is 1. The number of aromatic nitrogens is 1. The van der Waals surface area contributed by atoms with Gasteiger partial charge in [-0.3, -0.25) is 15.1 Å². The minimum Gasteiger partial charge on any atom is -0.447 e. The zero-order valence-electron chi connectivity index (χ0n) is 18.8. The Balaban J connectivity index is 1.65. The predicted octanol–water partition coefficient (Wildman–Crippen LogP) is 4.27. The average molecular weight is 489 g/mol. The van der Waals surface area contributed by atoms with E-state index in [1.165, 1.54) is 24.1 Å². The molecule has 0 aliphatic rings. The van der Waals surface area contributed by atoms with Gasteiger partial charge in [0.05, 0.1) is 17.2 Å². The van der Waals surface area contributed by atoms with Crippen LogP contribution in [0, 0.1) is 5.82 Å². The van der Waals surface area contributed by atoms with Crippen LogP contribution in [0.1, 0.15) is 25.8 Å². The van der Waals surface area contributed by atoms with Crippen molar-refractivity contribution in [2.45, 2.75) is 39.0 Å². The third kappa shape index (κ3) is 6.86. The quantitative estimate of drug-likeness (QED) is 0.389. The van der Waals surface area contributed by atoms with E-state index >= 15 is 0 Å². The first kappa shape index (κ1) is 25.4. The summed E-state index contributed by atoms with van der Waals surface area (Å²) in [6.07, 6.45) is 0.237. The number of ether oxygens (including phenoxy) is 1. The first-order valence-corrected chi connectivity index (χ1v) is 11.0. The number of carbonyl (C=O) groups excluding carboxylic acids is 2. The largest absolute Gasteiger partial charge is 0.447 e. The van der Waals surface area contributed by atoms with Crippen molar-refractivity contribution in [2.75, 3.05) is 11.9 Å². The monoisotopic (exact) mass is 488 g/mol. The van der Waals surface area contributed by atoms with Crippen LogP contribution in [0.15, 0.2) is 54.7 Å². The van der Waals surface area contributed by atoms with Crippen molar-refractivity contribution in [1.82, 2.24) is 15.4 Å². The molecule has 0 fully saturated rings. The lowest BCUT2D eigenvalue weighted by molar-refractivity contribution is -0.137. The van der Waals surface area contributed by atoms with Crippen molar-refractivity contribution >= 4 is 40.2 Å². The summed E-state index contributed by atoms with van der Waals surface area (Å²) in [7, 11) is 0. The zero-order chi connectivity index (χ0) is 24.7. The van der Waals surface area contributed by atoms with E-state index in [0.717, 1.165) is 10.8 Å². The van der Waals surface area contributed by atoms with E-state index < -0.39 is 24.1 Å². The van der Waals surface area contributed by atoms with E-state index in [9.17, 15) is 19.1 Å². The van der Waals surface area contributed by atoms with E-state index in [1.807, 2.05) is 24.3 Å². The molecule has 3 N–H and O–H groups in total. The van der Waals surface area contributed by atoms with Gasteiger partial charge in [-0.1, -0.05) is 48.0 Å². The number of anilines is 1. The van der Waals surface area contributed by atoms with Crippen molar-refractivity contribution in [3.05, 3.63) is 71.1 Å². The summed E-state index contributed by atoms with van der Waals surface area (Å²) in [6.45, 7) is 2.75. The Morgan fingerprint density at radius 3 is 2.65 bits per heavy atom. The number of nitrogens with zero attached hydrogens (tertiary/aromatic N) is 2. The second-order valence-corrected chi connectivity index (χ2v) is 8.19. The summed E-state index contributed by atoms with van der Waals surface area (Å²) in [5, 5.41) is 15.5. The van der Waals surface area contributed by atoms with Crippen LogP contribution in [0.3, 0.4) is 0 Å². The third-order valence-electron chi connectivity index (χ3n) is 5.06. The number of benzene rings is 2. The maximum atomic E-state index is 13.7. The van der Waals surface area contributed by atoms with Crippen molar-refractivity contribution < 1.29 is 23.8 Å². The summed E-state index contributed by atoms with van der Waals surface area (Å²) < 4.78 is 19.1. The molecule has 0 saturated heterocycles. The van der Waals surface area contributed by atoms with Gasteiger partial charge < -0.3 is 9.84 Å². The van der Waals surface area contributed by atoms with Crippen LogP contribution >= 0.6 is 11.6 Å². The molecule has 2 amide bonds. The second-order valence-electron chi connectivity index (χ2n) is 7.82. The molecule has 0 saturated carbocycles. The van der Waals surface area contributed by atoms with Gasteiger partial charge in [0.1, 0.15) is 18.2 Å². The maximum Gasteiger partial charge on any atom is 0.412 e. The molecular weight excluding hydrogens is 463 g/mol. The van der Waals surface area contributed by atoms with Crippen molar-refractivity contribution in [1.29, 1.82) is 0 Å². The Labute approximate surface area is 201 Å². The average Bonchev–Trinajstić information content (AvgIpc) is 2.79. The molecule has 3 rings (SSSR count). The van der Waals surface area contributed by atoms with Gasteiger partial charge in [-0.15, -0.1) is 0 Å². The van der Waals surface area contributed by atoms with Crippen LogP contribution in [0.4, 0.5) is 15.0 Å². The van der Waals surface area contributed by atoms with Crippen LogP contribution in [-0.4, -0.2) is 45.9 Å². The fourth-order valence-electron chi connectivity index (χ4n) is 3.46. The van der Waals surface area contributed by atoms with Crippen LogP contribution in [-0.2, 0) is 16.1 Å². The lowest BCUT2D eigenvalue weighted by atomic mass is 10.1. The van der Waals surface area contributed by atoms with Crippen molar-refractivity contribution in [3.8, 4) is 0 Å². The first-order chi connectivity index (χ1) is 16.2. The highest BCUT2D eigenvalue weighted by molar-refractivity contribution is 6.31. The van der Waals surface area contributed by atoms with E-state index in [4.69, 9.17) is 16.3 Å². The minimum absolute atomic E-state index is 0.0518. The van der Waals surface area contributed by atoms with Crippen molar-refractivity contribution in [2.24, 2.45) is 0 Å². The number of pyridine rings is 1. The lowest BCUT2D eigenvalue weighted by Crippen LogP contribution is -2.51. The third-order valence-corrected chi connectivity index (χ3v) is 5.48. The number of aliphatic hydroxyl groups excluding tert-OH is 1. The van der Waals surface area contributed by atoms with Gasteiger partial charge in [0, 0.05) is 25.1 Å². The fourth-order valence-corrected chi connectivity index (χ4v) is 3.65. The van der Waals surface area contributed by atoms with Gasteiger partial charge in [-0.25, -0.2) is 19.6 Å². The summed E-state index contributed by atoms with van der Waals surface area (Å²) in [5.41, 5.74) is 3.35. The number of hydrogen-bond acceptors (Lipinski definition) is 6. The molecule has 34 heavy (non-hydrogen) atoms. The number of rotatable bonds is 9. The molecule has 1 unspecified atom stereocenters. The second kappa shape index (κ2) is 11.7. The van der Waals surface area contributed by atoms with E-state index in [-0.39, 0.29) is 30.5 Å². The highest BCUT2D eigenvalue weighted by Crippen LogP contribution is 2.20. The highest BCUT2D eigenvalue weighted by atomic mass is 35.5. The Bertz CT molecular complexity index is 1160. The van der Waals surface area contributed by atoms with Gasteiger partial charge in [-0.2, -0.15) is 0 Å². The molecule has 0 bridgehead atoms. The summed E-state index contributed by atoms with van der Waals surface area (Å²) in [6, 6.07) is 13.0. The number of aliphatic hydroxyl groups is 1. The molecule has 0 aliphatic carbocycles. The summed E-state index contributed by atoms with van der Waals surface area (Å²) in [5.74, 6) is -0.630. The van der Waals surface area contributed by atoms with Gasteiger partial charge in [0.15, 0.2) is 0 Å². The Hall–Kier alpha value is -3.27. The molecule has 2 atom stereocenters. The Morgan fingerprint density at radius 2 is 1.94 bits per heavy atom. The van der Waals surface area contributed by atoms with Crippen LogP contribution in [0.5, 0.6) is 0 Å². The molecule has 2 aromatic carbocycles. The first-order valence-electron chi connectivity index (χ1n) is 10.7. The maximum absolute atomic E-state index is 13.7. The molecule has 1 aromatic heterocycles. The minimum atomic E-state index is -0.778. The van der Waals surface area contributed by atoms with E-state index in [1.54, 1.807) is 25.3 Å². The van der Waals surface area contributed by atoms with Crippen LogP contribution in [0.2, 0.25) is 5.02 Å². The molecule has 0 radical (unpaired) electrons. The SMILES string of the molecule is CC(=O)N(NCc1cccc(F)c1Cl)[C@H](COC(=O)Nc1cc2ccccc2cn1)CC(C)O. The van der Waals surface area contributed by atoms with Crippen LogP contribution < -0.4 is 10.7 Å². The lowest BCUT2D eigenvalue weighted by Gasteiger charge is -2.32. The number of halogens is 2. The topological polar surface area (TPSA) is 104 Å². The normalized spacial score (nSPS) is 12.7. The zero-order valence-corrected chi connectivity index (χ0v) is 19.6. The standard InChI is InChI=1S/C24H26ClFN4O4/c1-15(31)10-20(30(16(2)32)28-13-19-8-5-9-21(26)23(19)25)14-34-24(33)29-22-11-17-6-3-4-7-18(17)12-27-22/h3-9,11-12,15,20,28,31H,10,13-14H2,1-2H3,(H,27,29,33)/t15?,20-/m0/s1. The van der Waals surface area contributed by atoms with Gasteiger partial charge in [-0.05, 0) is 36.4 Å². The molecule has 3 aromatic rings. The Morgan fingerprint density at radius 1 is 1.21 bits per heavy atom. The number of fused-ring (bicyclic) bond motifs is 1. The number of nitrogens with one attached hydrogen (secondary N) is 2. The van der Waals surface area contributed by atoms with Gasteiger partial charge in [0.25, 0.3) is 0 Å². The molecule has 0 spiro atoms. The summed E-state index contributed by atoms with van der Waals surface area (Å²) in [4.78, 5) is 28.9. The smallest absolute Gasteiger partial charge is 0.412 e. The molecule has 1 heterocycles. The number of amides is 2. The van der Waals surface area contributed by atoms with Gasteiger partial charge in [0.2, 0.25) is 5.91 Å². The summed E-state index contributed by atoms with van der Waals surface area (Å²) >= 11 is 5.99. The molecular formula is C24H26ClFN4O4. The molecule has 180 valence electrons. The van der Waals surface area contributed by atoms with Crippen LogP contribution in [0.25, 0.3) is 10.8 Å². The number of hydrogen-bond donors (Lipinski definition) is 3. The Kier molecular flexibility index (Phi) is 8.75. The molecule has 0 aliphatic heterocycles. The molecule has 10 heteroatoms. The highest BCUT2D eigenvalue weighted by Gasteiger charge is 2.25. The van der Waals surface area contributed by atoms with E-state index in [2.05, 4.69) is 15.7 Å². The van der Waals surface area contributed by atoms with Crippen molar-refractivity contribution in [3.63, 3.8) is 0 Å². The predicted molar refractivity (Wildman–Crippen MR) is 128 cm³/mol. The fraction of sp³-hybridized carbons (Fsp3) is 0.292. The number of carbonyl (C=O) groups is 2. The van der Waals surface area contributed by atoms with E-state index in [0.29, 0.717) is 11.4 Å². The molecule has 8 nitrogen and oxygen atoms in total. The van der Waals surface area contributed by atoms with Gasteiger partial charge >= 0.3 is 6.09 Å².